The zero-order valence-electron chi connectivity index (χ0n) is 13.3. The van der Waals surface area contributed by atoms with E-state index in [1.807, 2.05) is 6.92 Å². The number of carbonyl (C=O) groups is 1. The second-order valence-electron chi connectivity index (χ2n) is 5.08. The second kappa shape index (κ2) is 8.08. The van der Waals surface area contributed by atoms with Crippen LogP contribution in [-0.4, -0.2) is 26.7 Å². The Hall–Kier alpha value is -1.77. The number of hydrogen-bond acceptors (Lipinski definition) is 6. The zero-order chi connectivity index (χ0) is 17.2. The Morgan fingerprint density at radius 2 is 1.92 bits per heavy atom. The summed E-state index contributed by atoms with van der Waals surface area (Å²) in [7, 11) is -3.82. The van der Waals surface area contributed by atoms with Gasteiger partial charge in [0.2, 0.25) is 5.84 Å². The van der Waals surface area contributed by atoms with Crippen molar-refractivity contribution in [2.75, 3.05) is 11.4 Å². The Labute approximate surface area is 170 Å². The second-order valence-corrected chi connectivity index (χ2v) is 6.77. The maximum absolute atomic E-state index is 12.5. The number of sulfonamides is 1. The van der Waals surface area contributed by atoms with Crippen LogP contribution < -0.4 is 4.72 Å². The number of anilines is 1. The van der Waals surface area contributed by atoms with Gasteiger partial charge in [-0.15, -0.1) is 11.2 Å². The average Bonchev–Trinajstić information content (AvgIpc) is 3.09. The summed E-state index contributed by atoms with van der Waals surface area (Å²) in [5.74, 6) is -0.555. The number of carbonyl (C=O) groups excluding carboxylic acids is 1. The van der Waals surface area contributed by atoms with E-state index in [9.17, 15) is 13.2 Å². The maximum Gasteiger partial charge on any atom is 0.260 e. The molecule has 7 nitrogen and oxygen atoms in total. The van der Waals surface area contributed by atoms with Gasteiger partial charge in [0, 0.05) is 32.7 Å². The number of hydrogen-bond donors (Lipinski definition) is 1. The summed E-state index contributed by atoms with van der Waals surface area (Å²) in [5, 5.41) is 7.27. The van der Waals surface area contributed by atoms with E-state index in [0.29, 0.717) is 0 Å². The van der Waals surface area contributed by atoms with Crippen LogP contribution in [0.1, 0.15) is 15.9 Å². The number of benzene rings is 2. The van der Waals surface area contributed by atoms with Crippen molar-refractivity contribution >= 4 is 27.3 Å². The summed E-state index contributed by atoms with van der Waals surface area (Å²) >= 11 is 0. The predicted octanol–water partition coefficient (Wildman–Crippen LogP) is 2.60. The van der Waals surface area contributed by atoms with Crippen LogP contribution in [0.15, 0.2) is 62.6 Å². The fraction of sp³-hybridized carbons (Fsp3) is 0.125. The van der Waals surface area contributed by atoms with E-state index >= 15 is 0 Å². The van der Waals surface area contributed by atoms with Crippen molar-refractivity contribution in [3.05, 3.63) is 59.7 Å². The van der Waals surface area contributed by atoms with Crippen LogP contribution in [0.4, 0.5) is 5.69 Å². The molecule has 0 aromatic heterocycles. The van der Waals surface area contributed by atoms with Crippen LogP contribution in [0.25, 0.3) is 0 Å². The summed E-state index contributed by atoms with van der Waals surface area (Å²) < 4.78 is 27.4. The van der Waals surface area contributed by atoms with Crippen molar-refractivity contribution in [1.29, 1.82) is 0 Å². The van der Waals surface area contributed by atoms with E-state index in [0.717, 1.165) is 5.56 Å². The Bertz CT molecular complexity index is 954. The number of nitrogens with one attached hydrogen (secondary N) is 1. The van der Waals surface area contributed by atoms with Gasteiger partial charge in [-0.2, -0.15) is 23.3 Å². The van der Waals surface area contributed by atoms with Gasteiger partial charge in [-0.1, -0.05) is 23.3 Å². The molecule has 0 saturated heterocycles. The van der Waals surface area contributed by atoms with Gasteiger partial charge in [-0.3, -0.25) is 4.79 Å². The fourth-order valence-electron chi connectivity index (χ4n) is 2.09. The first-order valence-electron chi connectivity index (χ1n) is 7.03. The number of aliphatic imine (C=N–C) groups is 1. The number of azo groups is 1. The van der Waals surface area contributed by atoms with Gasteiger partial charge in [0.25, 0.3) is 10.0 Å². The normalized spacial score (nSPS) is 13.1. The smallest absolute Gasteiger partial charge is 0.260 e. The Morgan fingerprint density at radius 1 is 1.20 bits per heavy atom. The molecule has 2 aromatic rings. The Balaban J connectivity index is 0.00000225. The molecule has 0 saturated carbocycles. The summed E-state index contributed by atoms with van der Waals surface area (Å²) in [5.41, 5.74) is 1.21. The standard InChI is InChI=1S/C16H13N4O3S.Y/c1-11-6-8-12(9-7-11)24(22,23)20-14-5-3-2-4-13(14)15(21)16-17-10-18-19-16;/h3-9,20H,10H2,1H3;/q-1;. The van der Waals surface area contributed by atoms with Crippen molar-refractivity contribution in [2.24, 2.45) is 15.2 Å². The molecule has 1 radical (unpaired) electrons. The number of aryl methyl sites for hydroxylation is 1. The van der Waals surface area contributed by atoms with E-state index in [2.05, 4.69) is 26.0 Å². The van der Waals surface area contributed by atoms with Crippen molar-refractivity contribution in [3.63, 3.8) is 0 Å². The molecule has 0 atom stereocenters. The summed E-state index contributed by atoms with van der Waals surface area (Å²) in [6, 6.07) is 13.5. The minimum absolute atomic E-state index is 0. The minimum atomic E-state index is -3.82. The van der Waals surface area contributed by atoms with E-state index in [1.165, 1.54) is 30.3 Å². The van der Waals surface area contributed by atoms with E-state index in [4.69, 9.17) is 0 Å². The number of Topliss-reactive ketones (excluding diaryl/α,β-unsaturated/α-hetero) is 1. The van der Waals surface area contributed by atoms with Crippen LogP contribution in [0, 0.1) is 13.0 Å². The largest absolute Gasteiger partial charge is 0.303 e. The van der Waals surface area contributed by atoms with Gasteiger partial charge < -0.3 is 4.72 Å². The van der Waals surface area contributed by atoms with Crippen LogP contribution in [0.5, 0.6) is 0 Å². The number of amidine groups is 1. The van der Waals surface area contributed by atoms with Gasteiger partial charge in [0.1, 0.15) is 0 Å². The molecule has 0 amide bonds. The molecule has 9 heteroatoms. The van der Waals surface area contributed by atoms with Crippen LogP contribution >= 0.6 is 0 Å². The molecule has 0 fully saturated rings. The molecule has 0 aliphatic carbocycles. The molecule has 25 heavy (non-hydrogen) atoms. The van der Waals surface area contributed by atoms with Crippen LogP contribution in [-0.2, 0) is 42.7 Å². The van der Waals surface area contributed by atoms with Gasteiger partial charge in [0.05, 0.1) is 4.90 Å². The third kappa shape index (κ3) is 4.45. The SMILES string of the molecule is Cc1ccc(S(=O)(=O)Nc2cc[c-]cc2C(=O)C2=NCN=N2)cc1.[Y]. The molecule has 1 N–H and O–H groups in total. The first-order valence-corrected chi connectivity index (χ1v) is 8.52. The summed E-state index contributed by atoms with van der Waals surface area (Å²) in [6.07, 6.45) is 0. The molecule has 2 aromatic carbocycles. The molecule has 0 bridgehead atoms. The van der Waals surface area contributed by atoms with Gasteiger partial charge >= 0.3 is 0 Å². The maximum atomic E-state index is 12.5. The van der Waals surface area contributed by atoms with E-state index in [-0.39, 0.29) is 61.4 Å². The van der Waals surface area contributed by atoms with Crippen molar-refractivity contribution in [1.82, 2.24) is 0 Å². The number of ketones is 1. The third-order valence-corrected chi connectivity index (χ3v) is 4.72. The van der Waals surface area contributed by atoms with Gasteiger partial charge in [-0.25, -0.2) is 13.4 Å². The molecular weight excluding hydrogens is 417 g/mol. The first-order chi connectivity index (χ1) is 11.5. The Morgan fingerprint density at radius 3 is 2.56 bits per heavy atom. The summed E-state index contributed by atoms with van der Waals surface area (Å²) in [6.45, 7) is 1.96. The average molecular weight is 430 g/mol. The zero-order valence-corrected chi connectivity index (χ0v) is 17.0. The quantitative estimate of drug-likeness (QED) is 0.583. The number of rotatable bonds is 5. The minimum Gasteiger partial charge on any atom is -0.303 e. The first kappa shape index (κ1) is 19.6. The molecule has 0 spiro atoms. The third-order valence-electron chi connectivity index (χ3n) is 3.34. The topological polar surface area (TPSA) is 100 Å². The van der Waals surface area contributed by atoms with Crippen molar-refractivity contribution in [3.8, 4) is 0 Å². The van der Waals surface area contributed by atoms with Gasteiger partial charge in [0.15, 0.2) is 12.5 Å². The molecule has 0 unspecified atom stereocenters. The fourth-order valence-corrected chi connectivity index (χ4v) is 3.17. The summed E-state index contributed by atoms with van der Waals surface area (Å²) in [4.78, 5) is 16.4. The van der Waals surface area contributed by atoms with Crippen molar-refractivity contribution in [2.45, 2.75) is 11.8 Å². The molecule has 1 heterocycles. The van der Waals surface area contributed by atoms with Gasteiger partial charge in [-0.05, 0) is 24.7 Å². The number of nitrogens with zero attached hydrogens (tertiary/aromatic N) is 3. The molecule has 3 rings (SSSR count). The van der Waals surface area contributed by atoms with Crippen LogP contribution in [0.3, 0.4) is 0 Å². The Kier molecular flexibility index (Phi) is 6.32. The monoisotopic (exact) mass is 430 g/mol. The van der Waals surface area contributed by atoms with Crippen LogP contribution in [0.2, 0.25) is 0 Å². The molecule has 1 aliphatic rings. The van der Waals surface area contributed by atoms with E-state index < -0.39 is 15.8 Å². The predicted molar refractivity (Wildman–Crippen MR) is 88.8 cm³/mol. The molecule has 125 valence electrons. The van der Waals surface area contributed by atoms with Crippen molar-refractivity contribution < 1.29 is 45.9 Å². The molecular formula is C16H13N4O3SY-. The van der Waals surface area contributed by atoms with E-state index in [1.54, 1.807) is 12.1 Å². The molecule has 1 aliphatic heterocycles.